The largest absolute Gasteiger partial charge is 0.310 e. The molecule has 1 aromatic carbocycles. The Morgan fingerprint density at radius 3 is 2.39 bits per heavy atom. The van der Waals surface area contributed by atoms with E-state index < -0.39 is 10.0 Å². The third-order valence-corrected chi connectivity index (χ3v) is 3.81. The van der Waals surface area contributed by atoms with E-state index >= 15 is 0 Å². The summed E-state index contributed by atoms with van der Waals surface area (Å²) in [5.74, 6) is 0. The molecule has 0 aliphatic heterocycles. The standard InChI is InChI=1S/C13H20N2O2S/c1-4-9-15-18(16,17)13-7-5-12(6-8-13)10-14-11(2)3/h4-8,11,14-15H,1,9-10H2,2-3H3. The average molecular weight is 268 g/mol. The van der Waals surface area contributed by atoms with Crippen LogP contribution < -0.4 is 10.0 Å². The van der Waals surface area contributed by atoms with Crippen molar-refractivity contribution in [2.24, 2.45) is 0 Å². The van der Waals surface area contributed by atoms with Gasteiger partial charge in [-0.1, -0.05) is 32.1 Å². The first-order chi connectivity index (χ1) is 8.45. The van der Waals surface area contributed by atoms with Crippen molar-refractivity contribution in [3.8, 4) is 0 Å². The van der Waals surface area contributed by atoms with Crippen molar-refractivity contribution in [1.82, 2.24) is 10.0 Å². The van der Waals surface area contributed by atoms with Crippen molar-refractivity contribution in [1.29, 1.82) is 0 Å². The Morgan fingerprint density at radius 1 is 1.28 bits per heavy atom. The molecule has 5 heteroatoms. The lowest BCUT2D eigenvalue weighted by molar-refractivity contribution is 0.583. The molecule has 4 nitrogen and oxygen atoms in total. The fourth-order valence-electron chi connectivity index (χ4n) is 1.36. The molecule has 0 aliphatic rings. The lowest BCUT2D eigenvalue weighted by atomic mass is 10.2. The van der Waals surface area contributed by atoms with Crippen LogP contribution in [0.3, 0.4) is 0 Å². The second-order valence-corrected chi connectivity index (χ2v) is 6.09. The van der Waals surface area contributed by atoms with Gasteiger partial charge in [-0.05, 0) is 17.7 Å². The van der Waals surface area contributed by atoms with Gasteiger partial charge >= 0.3 is 0 Å². The SMILES string of the molecule is C=CCNS(=O)(=O)c1ccc(CNC(C)C)cc1. The lowest BCUT2D eigenvalue weighted by Crippen LogP contribution is -2.24. The highest BCUT2D eigenvalue weighted by Crippen LogP contribution is 2.10. The fourth-order valence-corrected chi connectivity index (χ4v) is 2.36. The number of hydrogen-bond donors (Lipinski definition) is 2. The molecule has 18 heavy (non-hydrogen) atoms. The zero-order valence-corrected chi connectivity index (χ0v) is 11.6. The third-order valence-electron chi connectivity index (χ3n) is 2.37. The normalized spacial score (nSPS) is 11.7. The molecule has 0 heterocycles. The van der Waals surface area contributed by atoms with Gasteiger partial charge in [0.15, 0.2) is 0 Å². The van der Waals surface area contributed by atoms with Gasteiger partial charge in [0.1, 0.15) is 0 Å². The Kier molecular flexibility index (Phi) is 5.53. The van der Waals surface area contributed by atoms with E-state index in [0.29, 0.717) is 6.04 Å². The summed E-state index contributed by atoms with van der Waals surface area (Å²) >= 11 is 0. The molecule has 0 fully saturated rings. The predicted octanol–water partition coefficient (Wildman–Crippen LogP) is 1.65. The molecule has 0 unspecified atom stereocenters. The van der Waals surface area contributed by atoms with E-state index in [-0.39, 0.29) is 11.4 Å². The first kappa shape index (κ1) is 14.9. The first-order valence-corrected chi connectivity index (χ1v) is 7.37. The summed E-state index contributed by atoms with van der Waals surface area (Å²) in [6.45, 7) is 8.58. The molecule has 100 valence electrons. The van der Waals surface area contributed by atoms with Gasteiger partial charge in [-0.15, -0.1) is 6.58 Å². The van der Waals surface area contributed by atoms with Gasteiger partial charge in [-0.3, -0.25) is 0 Å². The quantitative estimate of drug-likeness (QED) is 0.739. The van der Waals surface area contributed by atoms with E-state index in [2.05, 4.69) is 30.5 Å². The molecule has 0 spiro atoms. The van der Waals surface area contributed by atoms with E-state index in [9.17, 15) is 8.42 Å². The maximum atomic E-state index is 11.8. The molecule has 2 N–H and O–H groups in total. The van der Waals surface area contributed by atoms with Crippen molar-refractivity contribution < 1.29 is 8.42 Å². The summed E-state index contributed by atoms with van der Waals surface area (Å²) in [7, 11) is -3.41. The van der Waals surface area contributed by atoms with E-state index in [0.717, 1.165) is 12.1 Å². The predicted molar refractivity (Wildman–Crippen MR) is 73.8 cm³/mol. The van der Waals surface area contributed by atoms with Crippen LogP contribution in [0, 0.1) is 0 Å². The second-order valence-electron chi connectivity index (χ2n) is 4.32. The molecule has 0 amide bonds. The van der Waals surface area contributed by atoms with Crippen LogP contribution in [0.1, 0.15) is 19.4 Å². The molecule has 0 atom stereocenters. The van der Waals surface area contributed by atoms with Crippen LogP contribution in [0.4, 0.5) is 0 Å². The maximum Gasteiger partial charge on any atom is 0.240 e. The summed E-state index contributed by atoms with van der Waals surface area (Å²) in [6, 6.07) is 7.27. The zero-order valence-electron chi connectivity index (χ0n) is 10.8. The third kappa shape index (κ3) is 4.60. The van der Waals surface area contributed by atoms with Gasteiger partial charge in [-0.25, -0.2) is 13.1 Å². The van der Waals surface area contributed by atoms with Crippen molar-refractivity contribution in [3.63, 3.8) is 0 Å². The highest BCUT2D eigenvalue weighted by Gasteiger charge is 2.11. The molecule has 0 bridgehead atoms. The first-order valence-electron chi connectivity index (χ1n) is 5.88. The topological polar surface area (TPSA) is 58.2 Å². The Bertz CT molecular complexity index is 478. The number of hydrogen-bond acceptors (Lipinski definition) is 3. The van der Waals surface area contributed by atoms with Gasteiger partial charge in [-0.2, -0.15) is 0 Å². The van der Waals surface area contributed by atoms with Crippen molar-refractivity contribution in [3.05, 3.63) is 42.5 Å². The molecular formula is C13H20N2O2S. The number of rotatable bonds is 7. The Balaban J connectivity index is 2.73. The van der Waals surface area contributed by atoms with Crippen LogP contribution in [0.5, 0.6) is 0 Å². The van der Waals surface area contributed by atoms with E-state index in [4.69, 9.17) is 0 Å². The minimum Gasteiger partial charge on any atom is -0.310 e. The minimum atomic E-state index is -3.41. The lowest BCUT2D eigenvalue weighted by Gasteiger charge is -2.09. The van der Waals surface area contributed by atoms with Crippen LogP contribution in [0.25, 0.3) is 0 Å². The van der Waals surface area contributed by atoms with E-state index in [1.54, 1.807) is 12.1 Å². The van der Waals surface area contributed by atoms with E-state index in [1.807, 2.05) is 12.1 Å². The van der Waals surface area contributed by atoms with Crippen LogP contribution in [-0.2, 0) is 16.6 Å². The summed E-state index contributed by atoms with van der Waals surface area (Å²) in [5.41, 5.74) is 1.06. The zero-order chi connectivity index (χ0) is 13.6. The Labute approximate surface area is 109 Å². The molecule has 0 aromatic heterocycles. The minimum absolute atomic E-state index is 0.235. The van der Waals surface area contributed by atoms with Crippen LogP contribution in [0.15, 0.2) is 41.8 Å². The summed E-state index contributed by atoms with van der Waals surface area (Å²) in [4.78, 5) is 0.276. The van der Waals surface area contributed by atoms with Crippen molar-refractivity contribution in [2.75, 3.05) is 6.54 Å². The van der Waals surface area contributed by atoms with Gasteiger partial charge in [0.2, 0.25) is 10.0 Å². The van der Waals surface area contributed by atoms with Crippen LogP contribution in [-0.4, -0.2) is 21.0 Å². The van der Waals surface area contributed by atoms with Gasteiger partial charge < -0.3 is 5.32 Å². The van der Waals surface area contributed by atoms with E-state index in [1.165, 1.54) is 6.08 Å². The molecule has 0 saturated carbocycles. The van der Waals surface area contributed by atoms with Crippen LogP contribution in [0.2, 0.25) is 0 Å². The van der Waals surface area contributed by atoms with Crippen LogP contribution >= 0.6 is 0 Å². The second kappa shape index (κ2) is 6.68. The van der Waals surface area contributed by atoms with Gasteiger partial charge in [0.25, 0.3) is 0 Å². The maximum absolute atomic E-state index is 11.8. The molecule has 0 aliphatic carbocycles. The monoisotopic (exact) mass is 268 g/mol. The molecule has 0 radical (unpaired) electrons. The van der Waals surface area contributed by atoms with Gasteiger partial charge in [0, 0.05) is 19.1 Å². The van der Waals surface area contributed by atoms with Crippen molar-refractivity contribution >= 4 is 10.0 Å². The molecule has 1 aromatic rings. The number of nitrogens with one attached hydrogen (secondary N) is 2. The fraction of sp³-hybridized carbons (Fsp3) is 0.385. The highest BCUT2D eigenvalue weighted by molar-refractivity contribution is 7.89. The summed E-state index contributed by atoms with van der Waals surface area (Å²) in [5, 5.41) is 3.28. The highest BCUT2D eigenvalue weighted by atomic mass is 32.2. The van der Waals surface area contributed by atoms with Crippen molar-refractivity contribution in [2.45, 2.75) is 31.3 Å². The number of sulfonamides is 1. The average Bonchev–Trinajstić information content (AvgIpc) is 2.34. The Hall–Kier alpha value is -1.17. The molecule has 1 rings (SSSR count). The summed E-state index contributed by atoms with van der Waals surface area (Å²) in [6.07, 6.45) is 1.51. The van der Waals surface area contributed by atoms with Gasteiger partial charge in [0.05, 0.1) is 4.90 Å². The number of benzene rings is 1. The summed E-state index contributed by atoms with van der Waals surface area (Å²) < 4.78 is 26.0. The molecular weight excluding hydrogens is 248 g/mol. The smallest absolute Gasteiger partial charge is 0.240 e. The Morgan fingerprint density at radius 2 is 1.89 bits per heavy atom. The molecule has 0 saturated heterocycles.